The predicted molar refractivity (Wildman–Crippen MR) is 49.2 cm³/mol. The van der Waals surface area contributed by atoms with E-state index < -0.39 is 18.1 Å². The largest absolute Gasteiger partial charge is 0.479 e. The molecule has 0 aliphatic rings. The highest BCUT2D eigenvalue weighted by Crippen LogP contribution is 2.05. The van der Waals surface area contributed by atoms with Crippen LogP contribution in [0.2, 0.25) is 0 Å². The number of hydrogen-bond donors (Lipinski definition) is 3. The lowest BCUT2D eigenvalue weighted by Gasteiger charge is -2.13. The van der Waals surface area contributed by atoms with Gasteiger partial charge in [0, 0.05) is 6.04 Å². The van der Waals surface area contributed by atoms with Crippen LogP contribution >= 0.6 is 11.8 Å². The van der Waals surface area contributed by atoms with Crippen LogP contribution in [0.5, 0.6) is 0 Å². The number of aliphatic carboxylic acids is 1. The summed E-state index contributed by atoms with van der Waals surface area (Å²) in [7, 11) is 0. The van der Waals surface area contributed by atoms with Crippen molar-refractivity contribution in [1.29, 1.82) is 0 Å². The van der Waals surface area contributed by atoms with E-state index in [1.165, 1.54) is 0 Å². The fourth-order valence-electron chi connectivity index (χ4n) is 0.705. The van der Waals surface area contributed by atoms with Crippen molar-refractivity contribution in [2.24, 2.45) is 5.73 Å². The van der Waals surface area contributed by atoms with Crippen molar-refractivity contribution in [3.63, 3.8) is 0 Å². The minimum absolute atomic E-state index is 0.534. The SMILES string of the molecule is CCSCC[C@@H](N)[C@H](O)C(=O)O. The Balaban J connectivity index is 3.56. The molecule has 12 heavy (non-hydrogen) atoms. The first-order valence-corrected chi connectivity index (χ1v) is 4.99. The topological polar surface area (TPSA) is 83.5 Å². The van der Waals surface area contributed by atoms with Gasteiger partial charge in [0.1, 0.15) is 0 Å². The highest BCUT2D eigenvalue weighted by atomic mass is 32.2. The molecule has 0 saturated carbocycles. The Morgan fingerprint density at radius 2 is 2.25 bits per heavy atom. The molecule has 0 saturated heterocycles. The quantitative estimate of drug-likeness (QED) is 0.513. The van der Waals surface area contributed by atoms with Crippen LogP contribution in [0.25, 0.3) is 0 Å². The van der Waals surface area contributed by atoms with E-state index in [4.69, 9.17) is 15.9 Å². The lowest BCUT2D eigenvalue weighted by Crippen LogP contribution is -2.40. The summed E-state index contributed by atoms with van der Waals surface area (Å²) in [5.41, 5.74) is 5.41. The zero-order valence-corrected chi connectivity index (χ0v) is 7.88. The molecule has 0 aromatic heterocycles. The van der Waals surface area contributed by atoms with Gasteiger partial charge in [0.15, 0.2) is 6.10 Å². The third-order valence-electron chi connectivity index (χ3n) is 1.46. The van der Waals surface area contributed by atoms with Crippen LogP contribution in [0.3, 0.4) is 0 Å². The minimum Gasteiger partial charge on any atom is -0.479 e. The summed E-state index contributed by atoms with van der Waals surface area (Å²) in [6, 6.07) is -0.651. The molecular weight excluding hydrogens is 178 g/mol. The molecular formula is C7H15NO3S. The second-order valence-electron chi connectivity index (χ2n) is 2.43. The van der Waals surface area contributed by atoms with E-state index in [-0.39, 0.29) is 0 Å². The fourth-order valence-corrected chi connectivity index (χ4v) is 1.43. The highest BCUT2D eigenvalue weighted by Gasteiger charge is 2.21. The van der Waals surface area contributed by atoms with Crippen molar-refractivity contribution in [1.82, 2.24) is 0 Å². The first-order chi connectivity index (χ1) is 5.59. The number of carboxylic acids is 1. The number of aliphatic hydroxyl groups is 1. The highest BCUT2D eigenvalue weighted by molar-refractivity contribution is 7.99. The Hall–Kier alpha value is -0.260. The van der Waals surface area contributed by atoms with Crippen LogP contribution in [0.15, 0.2) is 0 Å². The van der Waals surface area contributed by atoms with Gasteiger partial charge in [-0.1, -0.05) is 6.92 Å². The predicted octanol–water partition coefficient (Wildman–Crippen LogP) is -0.0976. The van der Waals surface area contributed by atoms with E-state index >= 15 is 0 Å². The molecule has 0 fully saturated rings. The molecule has 72 valence electrons. The van der Waals surface area contributed by atoms with E-state index in [0.717, 1.165) is 11.5 Å². The normalized spacial score (nSPS) is 15.6. The van der Waals surface area contributed by atoms with Gasteiger partial charge in [-0.15, -0.1) is 0 Å². The van der Waals surface area contributed by atoms with E-state index in [0.29, 0.717) is 6.42 Å². The Labute approximate surface area is 76.1 Å². The lowest BCUT2D eigenvalue weighted by molar-refractivity contribution is -0.147. The summed E-state index contributed by atoms with van der Waals surface area (Å²) in [4.78, 5) is 10.2. The third-order valence-corrected chi connectivity index (χ3v) is 2.39. The number of rotatable bonds is 6. The number of nitrogens with two attached hydrogens (primary N) is 1. The van der Waals surface area contributed by atoms with Crippen LogP contribution in [-0.2, 0) is 4.79 Å². The van der Waals surface area contributed by atoms with Crippen LogP contribution in [-0.4, -0.2) is 39.8 Å². The number of carboxylic acid groups (broad SMARTS) is 1. The lowest BCUT2D eigenvalue weighted by atomic mass is 10.1. The molecule has 0 aliphatic heterocycles. The molecule has 0 radical (unpaired) electrons. The number of carbonyl (C=O) groups is 1. The van der Waals surface area contributed by atoms with Crippen LogP contribution < -0.4 is 5.73 Å². The van der Waals surface area contributed by atoms with E-state index in [9.17, 15) is 4.79 Å². The maximum Gasteiger partial charge on any atom is 0.334 e. The molecule has 0 heterocycles. The van der Waals surface area contributed by atoms with Crippen LogP contribution in [0.1, 0.15) is 13.3 Å². The van der Waals surface area contributed by atoms with Gasteiger partial charge >= 0.3 is 5.97 Å². The van der Waals surface area contributed by atoms with Crippen molar-refractivity contribution in [2.75, 3.05) is 11.5 Å². The van der Waals surface area contributed by atoms with Gasteiger partial charge in [0.2, 0.25) is 0 Å². The summed E-state index contributed by atoms with van der Waals surface area (Å²) < 4.78 is 0. The van der Waals surface area contributed by atoms with Gasteiger partial charge in [0.25, 0.3) is 0 Å². The molecule has 0 spiro atoms. The maximum absolute atomic E-state index is 10.2. The molecule has 2 atom stereocenters. The Morgan fingerprint density at radius 1 is 1.67 bits per heavy atom. The molecule has 4 N–H and O–H groups in total. The molecule has 5 heteroatoms. The van der Waals surface area contributed by atoms with Crippen molar-refractivity contribution >= 4 is 17.7 Å². The second kappa shape index (κ2) is 6.28. The molecule has 0 rings (SSSR count). The summed E-state index contributed by atoms with van der Waals surface area (Å²) in [5.74, 6) is 0.529. The fraction of sp³-hybridized carbons (Fsp3) is 0.857. The Kier molecular flexibility index (Phi) is 6.14. The van der Waals surface area contributed by atoms with E-state index in [1.54, 1.807) is 11.8 Å². The molecule has 0 aromatic rings. The van der Waals surface area contributed by atoms with Crippen LogP contribution in [0.4, 0.5) is 0 Å². The summed E-state index contributed by atoms with van der Waals surface area (Å²) >= 11 is 1.68. The smallest absolute Gasteiger partial charge is 0.334 e. The third kappa shape index (κ3) is 4.58. The number of aliphatic hydroxyl groups excluding tert-OH is 1. The van der Waals surface area contributed by atoms with Crippen molar-refractivity contribution in [2.45, 2.75) is 25.5 Å². The van der Waals surface area contributed by atoms with E-state index in [1.807, 2.05) is 6.92 Å². The second-order valence-corrected chi connectivity index (χ2v) is 3.83. The molecule has 0 bridgehead atoms. The minimum atomic E-state index is -1.43. The Bertz CT molecular complexity index is 143. The van der Waals surface area contributed by atoms with Gasteiger partial charge < -0.3 is 15.9 Å². The molecule has 4 nitrogen and oxygen atoms in total. The van der Waals surface area contributed by atoms with Crippen molar-refractivity contribution in [3.8, 4) is 0 Å². The first-order valence-electron chi connectivity index (χ1n) is 3.83. The molecule has 0 unspecified atom stereocenters. The van der Waals surface area contributed by atoms with E-state index in [2.05, 4.69) is 0 Å². The van der Waals surface area contributed by atoms with Gasteiger partial charge in [-0.2, -0.15) is 11.8 Å². The maximum atomic E-state index is 10.2. The van der Waals surface area contributed by atoms with Crippen molar-refractivity contribution in [3.05, 3.63) is 0 Å². The molecule has 0 aromatic carbocycles. The first kappa shape index (κ1) is 11.7. The average molecular weight is 193 g/mol. The van der Waals surface area contributed by atoms with Gasteiger partial charge in [0.05, 0.1) is 0 Å². The summed E-state index contributed by atoms with van der Waals surface area (Å²) in [5, 5.41) is 17.3. The number of thioether (sulfide) groups is 1. The zero-order valence-electron chi connectivity index (χ0n) is 7.06. The monoisotopic (exact) mass is 193 g/mol. The zero-order chi connectivity index (χ0) is 9.56. The van der Waals surface area contributed by atoms with Crippen molar-refractivity contribution < 1.29 is 15.0 Å². The summed E-state index contributed by atoms with van der Waals surface area (Å²) in [6.45, 7) is 2.02. The molecule has 0 aliphatic carbocycles. The Morgan fingerprint density at radius 3 is 2.67 bits per heavy atom. The average Bonchev–Trinajstić information content (AvgIpc) is 2.03. The number of hydrogen-bond acceptors (Lipinski definition) is 4. The van der Waals surface area contributed by atoms with Gasteiger partial charge in [-0.25, -0.2) is 4.79 Å². The molecule has 0 amide bonds. The standard InChI is InChI=1S/C7H15NO3S/c1-2-12-4-3-5(8)6(9)7(10)11/h5-6,9H,2-4,8H2,1H3,(H,10,11)/t5-,6+/m1/s1. The van der Waals surface area contributed by atoms with Gasteiger partial charge in [-0.05, 0) is 17.9 Å². The summed E-state index contributed by atoms with van der Waals surface area (Å²) in [6.07, 6.45) is -0.895. The van der Waals surface area contributed by atoms with Crippen LogP contribution in [0, 0.1) is 0 Å². The van der Waals surface area contributed by atoms with Gasteiger partial charge in [-0.3, -0.25) is 0 Å².